The molecule has 0 aliphatic carbocycles. The standard InChI is InChI=1S/C23H35N3O6Si/c1-23(2,3)33(4,5)32-12-11-16(22(30)31)24-19(27)14-18-21(29)25-17(20(28)26-18)13-15-9-7-6-8-10-15/h6-10,16-18H,11-14H2,1-5H3,(H,24,27)(H,25,29)(H,26,28)(H,30,31)/t16-,17+,18+/m1/s1. The highest BCUT2D eigenvalue weighted by Gasteiger charge is 2.38. The molecule has 1 aromatic carbocycles. The molecule has 0 radical (unpaired) electrons. The summed E-state index contributed by atoms with van der Waals surface area (Å²) >= 11 is 0. The Labute approximate surface area is 195 Å². The van der Waals surface area contributed by atoms with Gasteiger partial charge in [-0.1, -0.05) is 51.1 Å². The molecule has 0 bridgehead atoms. The maximum absolute atomic E-state index is 12.4. The Morgan fingerprint density at radius 3 is 2.24 bits per heavy atom. The Morgan fingerprint density at radius 1 is 1.09 bits per heavy atom. The lowest BCUT2D eigenvalue weighted by Gasteiger charge is -2.36. The second kappa shape index (κ2) is 10.9. The van der Waals surface area contributed by atoms with Gasteiger partial charge in [-0.05, 0) is 23.7 Å². The minimum absolute atomic E-state index is 0.0140. The highest BCUT2D eigenvalue weighted by Crippen LogP contribution is 2.36. The average molecular weight is 478 g/mol. The first-order valence-corrected chi connectivity index (χ1v) is 14.0. The van der Waals surface area contributed by atoms with E-state index in [9.17, 15) is 24.3 Å². The van der Waals surface area contributed by atoms with Gasteiger partial charge >= 0.3 is 5.97 Å². The van der Waals surface area contributed by atoms with Crippen LogP contribution in [0.25, 0.3) is 0 Å². The SMILES string of the molecule is CC(C)(C)[Si](C)(C)OCC[C@@H](NC(=O)C[C@@H]1NC(=O)[C@H](Cc2ccccc2)NC1=O)C(=O)O. The van der Waals surface area contributed by atoms with E-state index in [4.69, 9.17) is 4.43 Å². The van der Waals surface area contributed by atoms with E-state index >= 15 is 0 Å². The zero-order valence-electron chi connectivity index (χ0n) is 19.9. The van der Waals surface area contributed by atoms with Crippen LogP contribution in [0.5, 0.6) is 0 Å². The summed E-state index contributed by atoms with van der Waals surface area (Å²) < 4.78 is 6.00. The molecule has 1 heterocycles. The van der Waals surface area contributed by atoms with Crippen molar-refractivity contribution in [2.45, 2.75) is 76.3 Å². The molecule has 9 nitrogen and oxygen atoms in total. The van der Waals surface area contributed by atoms with E-state index < -0.39 is 44.2 Å². The maximum atomic E-state index is 12.4. The van der Waals surface area contributed by atoms with E-state index in [0.29, 0.717) is 6.42 Å². The molecule has 182 valence electrons. The van der Waals surface area contributed by atoms with Gasteiger partial charge in [0.2, 0.25) is 17.7 Å². The van der Waals surface area contributed by atoms with Gasteiger partial charge in [0.15, 0.2) is 8.32 Å². The van der Waals surface area contributed by atoms with Crippen molar-refractivity contribution in [3.8, 4) is 0 Å². The van der Waals surface area contributed by atoms with Crippen molar-refractivity contribution in [2.75, 3.05) is 6.61 Å². The zero-order valence-corrected chi connectivity index (χ0v) is 20.9. The van der Waals surface area contributed by atoms with Gasteiger partial charge < -0.3 is 25.5 Å². The number of carbonyl (C=O) groups excluding carboxylic acids is 3. The van der Waals surface area contributed by atoms with Gasteiger partial charge in [-0.2, -0.15) is 0 Å². The fourth-order valence-electron chi connectivity index (χ4n) is 3.16. The topological polar surface area (TPSA) is 134 Å². The number of nitrogens with one attached hydrogen (secondary N) is 3. The zero-order chi connectivity index (χ0) is 24.8. The van der Waals surface area contributed by atoms with Crippen molar-refractivity contribution < 1.29 is 28.7 Å². The molecule has 1 fully saturated rings. The molecular weight excluding hydrogens is 442 g/mol. The number of amides is 3. The summed E-state index contributed by atoms with van der Waals surface area (Å²) in [6.07, 6.45) is 0.102. The second-order valence-corrected chi connectivity index (χ2v) is 14.7. The fourth-order valence-corrected chi connectivity index (χ4v) is 4.22. The van der Waals surface area contributed by atoms with E-state index in [-0.39, 0.29) is 30.4 Å². The summed E-state index contributed by atoms with van der Waals surface area (Å²) in [5, 5.41) is 17.1. The van der Waals surface area contributed by atoms with Crippen LogP contribution in [0, 0.1) is 0 Å². The third-order valence-corrected chi connectivity index (χ3v) is 10.8. The first kappa shape index (κ1) is 26.5. The molecule has 0 unspecified atom stereocenters. The van der Waals surface area contributed by atoms with Crippen molar-refractivity contribution in [1.82, 2.24) is 16.0 Å². The number of carboxylic acids is 1. The third-order valence-electron chi connectivity index (χ3n) is 6.25. The van der Waals surface area contributed by atoms with E-state index in [2.05, 4.69) is 49.8 Å². The van der Waals surface area contributed by atoms with Crippen LogP contribution in [0.4, 0.5) is 0 Å². The number of piperazine rings is 1. The molecule has 3 amide bonds. The minimum atomic E-state index is -2.04. The number of carbonyl (C=O) groups is 4. The molecule has 4 N–H and O–H groups in total. The largest absolute Gasteiger partial charge is 0.480 e. The molecular formula is C23H35N3O6Si. The van der Waals surface area contributed by atoms with Crippen LogP contribution in [0.3, 0.4) is 0 Å². The van der Waals surface area contributed by atoms with Crippen molar-refractivity contribution in [2.24, 2.45) is 0 Å². The van der Waals surface area contributed by atoms with Gasteiger partial charge in [-0.25, -0.2) is 4.79 Å². The number of hydrogen-bond donors (Lipinski definition) is 4. The molecule has 0 saturated carbocycles. The van der Waals surface area contributed by atoms with E-state index in [1.54, 1.807) is 0 Å². The van der Waals surface area contributed by atoms with Crippen LogP contribution in [0.1, 0.15) is 39.2 Å². The van der Waals surface area contributed by atoms with Crippen LogP contribution in [0.15, 0.2) is 30.3 Å². The Bertz CT molecular complexity index is 869. The lowest BCUT2D eigenvalue weighted by atomic mass is 10.0. The Balaban J connectivity index is 1.87. The molecule has 33 heavy (non-hydrogen) atoms. The first-order valence-electron chi connectivity index (χ1n) is 11.1. The van der Waals surface area contributed by atoms with Crippen LogP contribution in [-0.2, 0) is 30.0 Å². The van der Waals surface area contributed by atoms with Crippen LogP contribution >= 0.6 is 0 Å². The smallest absolute Gasteiger partial charge is 0.326 e. The highest BCUT2D eigenvalue weighted by atomic mass is 28.4. The van der Waals surface area contributed by atoms with Crippen molar-refractivity contribution in [3.05, 3.63) is 35.9 Å². The van der Waals surface area contributed by atoms with E-state index in [1.165, 1.54) is 0 Å². The van der Waals surface area contributed by atoms with Gasteiger partial charge in [0.05, 0.1) is 6.42 Å². The first-order chi connectivity index (χ1) is 15.3. The summed E-state index contributed by atoms with van der Waals surface area (Å²) in [6, 6.07) is 6.36. The predicted octanol–water partition coefficient (Wildman–Crippen LogP) is 1.58. The number of hydrogen-bond acceptors (Lipinski definition) is 5. The molecule has 1 aromatic rings. The Morgan fingerprint density at radius 2 is 1.67 bits per heavy atom. The molecule has 1 saturated heterocycles. The third kappa shape index (κ3) is 7.67. The fraction of sp³-hybridized carbons (Fsp3) is 0.565. The minimum Gasteiger partial charge on any atom is -0.480 e. The van der Waals surface area contributed by atoms with Gasteiger partial charge in [0.25, 0.3) is 0 Å². The van der Waals surface area contributed by atoms with Crippen LogP contribution in [-0.4, -0.2) is 61.8 Å². The lowest BCUT2D eigenvalue weighted by Crippen LogP contribution is -2.63. The number of benzene rings is 1. The van der Waals surface area contributed by atoms with Crippen molar-refractivity contribution >= 4 is 32.0 Å². The number of aliphatic carboxylic acids is 1. The maximum Gasteiger partial charge on any atom is 0.326 e. The lowest BCUT2D eigenvalue weighted by molar-refractivity contribution is -0.143. The van der Waals surface area contributed by atoms with Crippen LogP contribution < -0.4 is 16.0 Å². The van der Waals surface area contributed by atoms with Crippen molar-refractivity contribution in [3.63, 3.8) is 0 Å². The Kier molecular flexibility index (Phi) is 8.79. The molecule has 2 rings (SSSR count). The van der Waals surface area contributed by atoms with Gasteiger partial charge in [0.1, 0.15) is 18.1 Å². The molecule has 3 atom stereocenters. The number of carboxylic acid groups (broad SMARTS) is 1. The van der Waals surface area contributed by atoms with Gasteiger partial charge in [-0.3, -0.25) is 14.4 Å². The predicted molar refractivity (Wildman–Crippen MR) is 126 cm³/mol. The average Bonchev–Trinajstić information content (AvgIpc) is 2.70. The molecule has 0 aromatic heterocycles. The van der Waals surface area contributed by atoms with Gasteiger partial charge in [-0.15, -0.1) is 0 Å². The van der Waals surface area contributed by atoms with E-state index in [0.717, 1.165) is 5.56 Å². The normalized spacial score (nSPS) is 19.9. The van der Waals surface area contributed by atoms with Gasteiger partial charge in [0, 0.05) is 19.4 Å². The summed E-state index contributed by atoms with van der Waals surface area (Å²) in [7, 11) is -2.04. The number of rotatable bonds is 10. The summed E-state index contributed by atoms with van der Waals surface area (Å²) in [5.41, 5.74) is 0.901. The summed E-state index contributed by atoms with van der Waals surface area (Å²) in [6.45, 7) is 10.6. The summed E-state index contributed by atoms with van der Waals surface area (Å²) in [5.74, 6) is -2.66. The second-order valence-electron chi connectivity index (χ2n) is 9.87. The monoisotopic (exact) mass is 477 g/mol. The molecule has 10 heteroatoms. The van der Waals surface area contributed by atoms with Crippen molar-refractivity contribution in [1.29, 1.82) is 0 Å². The molecule has 0 spiro atoms. The molecule has 1 aliphatic rings. The highest BCUT2D eigenvalue weighted by molar-refractivity contribution is 6.74. The summed E-state index contributed by atoms with van der Waals surface area (Å²) in [4.78, 5) is 48.9. The Hall–Kier alpha value is -2.72. The van der Waals surface area contributed by atoms with E-state index in [1.807, 2.05) is 30.3 Å². The molecule has 1 aliphatic heterocycles. The quantitative estimate of drug-likeness (QED) is 0.378. The van der Waals surface area contributed by atoms with Crippen LogP contribution in [0.2, 0.25) is 18.1 Å².